The molecule has 2 heterocycles. The van der Waals surface area contributed by atoms with Gasteiger partial charge in [0.25, 0.3) is 0 Å². The lowest BCUT2D eigenvalue weighted by molar-refractivity contribution is 0.612. The highest BCUT2D eigenvalue weighted by Gasteiger charge is 2.16. The molecule has 4 nitrogen and oxygen atoms in total. The summed E-state index contributed by atoms with van der Waals surface area (Å²) in [5, 5.41) is 0. The summed E-state index contributed by atoms with van der Waals surface area (Å²) in [6.07, 6.45) is 4.56. The minimum absolute atomic E-state index is 0.116. The van der Waals surface area contributed by atoms with Gasteiger partial charge in [-0.05, 0) is 36.6 Å². The van der Waals surface area contributed by atoms with Gasteiger partial charge >= 0.3 is 0 Å². The van der Waals surface area contributed by atoms with Gasteiger partial charge in [0.2, 0.25) is 0 Å². The third-order valence-electron chi connectivity index (χ3n) is 3.01. The summed E-state index contributed by atoms with van der Waals surface area (Å²) in [4.78, 5) is 8.75. The van der Waals surface area contributed by atoms with E-state index in [1.165, 1.54) is 5.56 Å². The average molecular weight is 242 g/mol. The molecule has 2 rings (SSSR count). The van der Waals surface area contributed by atoms with Crippen LogP contribution in [0.3, 0.4) is 0 Å². The Hall–Kier alpha value is -1.78. The second kappa shape index (κ2) is 5.71. The lowest BCUT2D eigenvalue weighted by Gasteiger charge is -2.18. The van der Waals surface area contributed by atoms with Crippen molar-refractivity contribution in [3.05, 3.63) is 59.2 Å². The lowest BCUT2D eigenvalue weighted by Crippen LogP contribution is -2.30. The molecule has 2 aromatic heterocycles. The van der Waals surface area contributed by atoms with Gasteiger partial charge in [0, 0.05) is 18.1 Å². The number of hydrazine groups is 1. The largest absolute Gasteiger partial charge is 0.271 e. The minimum atomic E-state index is -0.116. The van der Waals surface area contributed by atoms with Gasteiger partial charge in [-0.15, -0.1) is 0 Å². The SMILES string of the molecule is CCc1cccnc1C(NN)c1ccc(C)nc1. The molecule has 0 aromatic carbocycles. The van der Waals surface area contributed by atoms with E-state index in [2.05, 4.69) is 28.4 Å². The first-order valence-electron chi connectivity index (χ1n) is 6.08. The third kappa shape index (κ3) is 2.55. The predicted molar refractivity (Wildman–Crippen MR) is 71.8 cm³/mol. The number of hydrogen-bond acceptors (Lipinski definition) is 4. The molecule has 0 spiro atoms. The van der Waals surface area contributed by atoms with Gasteiger partial charge in [-0.1, -0.05) is 19.1 Å². The van der Waals surface area contributed by atoms with Crippen LogP contribution in [0.5, 0.6) is 0 Å². The maximum absolute atomic E-state index is 5.68. The Morgan fingerprint density at radius 2 is 2.11 bits per heavy atom. The van der Waals surface area contributed by atoms with E-state index < -0.39 is 0 Å². The summed E-state index contributed by atoms with van der Waals surface area (Å²) in [6.45, 7) is 4.08. The molecular weight excluding hydrogens is 224 g/mol. The molecule has 4 heteroatoms. The summed E-state index contributed by atoms with van der Waals surface area (Å²) in [5.74, 6) is 5.68. The fourth-order valence-corrected chi connectivity index (χ4v) is 1.99. The molecule has 0 saturated heterocycles. The topological polar surface area (TPSA) is 63.8 Å². The molecule has 3 N–H and O–H groups in total. The monoisotopic (exact) mass is 242 g/mol. The molecule has 18 heavy (non-hydrogen) atoms. The molecule has 1 atom stereocenters. The first-order chi connectivity index (χ1) is 8.76. The minimum Gasteiger partial charge on any atom is -0.271 e. The molecule has 0 aliphatic heterocycles. The van der Waals surface area contributed by atoms with E-state index in [9.17, 15) is 0 Å². The van der Waals surface area contributed by atoms with Gasteiger partial charge in [0.1, 0.15) is 0 Å². The third-order valence-corrected chi connectivity index (χ3v) is 3.01. The van der Waals surface area contributed by atoms with Crippen LogP contribution in [-0.2, 0) is 6.42 Å². The number of hydrogen-bond donors (Lipinski definition) is 2. The van der Waals surface area contributed by atoms with Crippen molar-refractivity contribution in [2.45, 2.75) is 26.3 Å². The van der Waals surface area contributed by atoms with Gasteiger partial charge < -0.3 is 0 Å². The Bertz CT molecular complexity index is 507. The molecule has 0 fully saturated rings. The zero-order valence-electron chi connectivity index (χ0n) is 10.7. The summed E-state index contributed by atoms with van der Waals surface area (Å²) < 4.78 is 0. The number of rotatable bonds is 4. The molecule has 1 unspecified atom stereocenters. The van der Waals surface area contributed by atoms with Crippen LogP contribution in [0.4, 0.5) is 0 Å². The van der Waals surface area contributed by atoms with Crippen LogP contribution in [-0.4, -0.2) is 9.97 Å². The van der Waals surface area contributed by atoms with Crippen LogP contribution in [0, 0.1) is 6.92 Å². The summed E-state index contributed by atoms with van der Waals surface area (Å²) >= 11 is 0. The standard InChI is InChI=1S/C14H18N4/c1-3-11-5-4-8-16-13(11)14(18-15)12-7-6-10(2)17-9-12/h4-9,14,18H,3,15H2,1-2H3. The maximum atomic E-state index is 5.68. The van der Waals surface area contributed by atoms with Crippen molar-refractivity contribution < 1.29 is 0 Å². The molecule has 0 aliphatic rings. The van der Waals surface area contributed by atoms with Gasteiger partial charge in [-0.3, -0.25) is 15.8 Å². The molecule has 0 saturated carbocycles. The van der Waals surface area contributed by atoms with Gasteiger partial charge in [-0.25, -0.2) is 5.43 Å². The van der Waals surface area contributed by atoms with E-state index in [1.54, 1.807) is 6.20 Å². The number of aryl methyl sites for hydroxylation is 2. The van der Waals surface area contributed by atoms with E-state index in [1.807, 2.05) is 31.3 Å². The Kier molecular flexibility index (Phi) is 4.02. The second-order valence-corrected chi connectivity index (χ2v) is 4.23. The van der Waals surface area contributed by atoms with Crippen molar-refractivity contribution >= 4 is 0 Å². The highest BCUT2D eigenvalue weighted by atomic mass is 15.2. The van der Waals surface area contributed by atoms with Crippen molar-refractivity contribution in [2.24, 2.45) is 5.84 Å². The predicted octanol–water partition coefficient (Wildman–Crippen LogP) is 1.90. The molecule has 94 valence electrons. The van der Waals surface area contributed by atoms with Crippen LogP contribution in [0.15, 0.2) is 36.7 Å². The van der Waals surface area contributed by atoms with Crippen LogP contribution in [0.2, 0.25) is 0 Å². The van der Waals surface area contributed by atoms with Crippen LogP contribution in [0.25, 0.3) is 0 Å². The van der Waals surface area contributed by atoms with Crippen LogP contribution < -0.4 is 11.3 Å². The number of nitrogens with one attached hydrogen (secondary N) is 1. The second-order valence-electron chi connectivity index (χ2n) is 4.23. The van der Waals surface area contributed by atoms with Crippen LogP contribution >= 0.6 is 0 Å². The normalized spacial score (nSPS) is 12.4. The van der Waals surface area contributed by atoms with Gasteiger partial charge in [0.05, 0.1) is 11.7 Å². The van der Waals surface area contributed by atoms with E-state index in [0.29, 0.717) is 0 Å². The highest BCUT2D eigenvalue weighted by molar-refractivity contribution is 5.31. The summed E-state index contributed by atoms with van der Waals surface area (Å²) in [6, 6.07) is 7.92. The lowest BCUT2D eigenvalue weighted by atomic mass is 10.00. The van der Waals surface area contributed by atoms with Gasteiger partial charge in [0.15, 0.2) is 0 Å². The van der Waals surface area contributed by atoms with Crippen molar-refractivity contribution in [1.82, 2.24) is 15.4 Å². The molecular formula is C14H18N4. The average Bonchev–Trinajstić information content (AvgIpc) is 2.42. The number of aromatic nitrogens is 2. The number of nitrogens with zero attached hydrogens (tertiary/aromatic N) is 2. The molecule has 0 bridgehead atoms. The Labute approximate surface area is 107 Å². The number of pyridine rings is 2. The molecule has 0 aliphatic carbocycles. The maximum Gasteiger partial charge on any atom is 0.0899 e. The summed E-state index contributed by atoms with van der Waals surface area (Å²) in [5.41, 5.74) is 7.00. The Balaban J connectivity index is 2.41. The molecule has 2 aromatic rings. The van der Waals surface area contributed by atoms with E-state index in [-0.39, 0.29) is 6.04 Å². The first kappa shape index (κ1) is 12.7. The fraction of sp³-hybridized carbons (Fsp3) is 0.286. The Morgan fingerprint density at radius 3 is 2.72 bits per heavy atom. The zero-order valence-corrected chi connectivity index (χ0v) is 10.7. The van der Waals surface area contributed by atoms with E-state index in [0.717, 1.165) is 23.4 Å². The quantitative estimate of drug-likeness (QED) is 0.635. The van der Waals surface area contributed by atoms with Crippen molar-refractivity contribution in [2.75, 3.05) is 0 Å². The zero-order chi connectivity index (χ0) is 13.0. The summed E-state index contributed by atoms with van der Waals surface area (Å²) in [7, 11) is 0. The number of nitrogens with two attached hydrogens (primary N) is 1. The highest BCUT2D eigenvalue weighted by Crippen LogP contribution is 2.22. The van der Waals surface area contributed by atoms with Crippen molar-refractivity contribution in [3.8, 4) is 0 Å². The molecule has 0 radical (unpaired) electrons. The van der Waals surface area contributed by atoms with Crippen molar-refractivity contribution in [3.63, 3.8) is 0 Å². The Morgan fingerprint density at radius 1 is 1.28 bits per heavy atom. The van der Waals surface area contributed by atoms with E-state index in [4.69, 9.17) is 5.84 Å². The fourth-order valence-electron chi connectivity index (χ4n) is 1.99. The molecule has 0 amide bonds. The van der Waals surface area contributed by atoms with Crippen molar-refractivity contribution in [1.29, 1.82) is 0 Å². The smallest absolute Gasteiger partial charge is 0.0899 e. The van der Waals surface area contributed by atoms with E-state index >= 15 is 0 Å². The van der Waals surface area contributed by atoms with Gasteiger partial charge in [-0.2, -0.15) is 0 Å². The van der Waals surface area contributed by atoms with Crippen LogP contribution in [0.1, 0.15) is 35.5 Å². The first-order valence-corrected chi connectivity index (χ1v) is 6.08.